The molecule has 0 saturated heterocycles. The fraction of sp³-hybridized carbons (Fsp3) is 0.381. The van der Waals surface area contributed by atoms with Crippen molar-refractivity contribution in [3.8, 4) is 5.75 Å². The van der Waals surface area contributed by atoms with Gasteiger partial charge in [0.05, 0.1) is 18.3 Å². The summed E-state index contributed by atoms with van der Waals surface area (Å²) in [6.45, 7) is 6.09. The zero-order valence-corrected chi connectivity index (χ0v) is 19.2. The summed E-state index contributed by atoms with van der Waals surface area (Å²) in [7, 11) is 1.69. The van der Waals surface area contributed by atoms with Gasteiger partial charge in [0, 0.05) is 29.7 Å². The molecule has 5 nitrogen and oxygen atoms in total. The Bertz CT molecular complexity index is 880. The van der Waals surface area contributed by atoms with Gasteiger partial charge in [-0.15, -0.1) is 36.4 Å². The Morgan fingerprint density at radius 1 is 1.03 bits per heavy atom. The molecule has 0 aliphatic carbocycles. The second kappa shape index (κ2) is 13.7. The van der Waals surface area contributed by atoms with Gasteiger partial charge in [-0.2, -0.15) is 0 Å². The quantitative estimate of drug-likeness (QED) is 0.282. The fourth-order valence-corrected chi connectivity index (χ4v) is 3.55. The standard InChI is InChI=1S/C21H26ClN3O.2ClH.H2O/c1-3-25(15-12-22)14-7-13-23-20-16-8-4-5-10-18(16)24-21-17(20)9-6-11-19(21)26-2;;;/h4-6,8-11H,3,7,12-15H2,1-2H3,(H,23,24);2*1H;1H2. The van der Waals surface area contributed by atoms with Gasteiger partial charge in [-0.1, -0.05) is 37.3 Å². The average Bonchev–Trinajstić information content (AvgIpc) is 2.69. The molecule has 0 aliphatic heterocycles. The highest BCUT2D eigenvalue weighted by atomic mass is 35.5. The van der Waals surface area contributed by atoms with Crippen molar-refractivity contribution < 1.29 is 10.2 Å². The van der Waals surface area contributed by atoms with Gasteiger partial charge in [-0.05, 0) is 31.6 Å². The lowest BCUT2D eigenvalue weighted by Gasteiger charge is -2.19. The minimum absolute atomic E-state index is 0. The van der Waals surface area contributed by atoms with Gasteiger partial charge >= 0.3 is 0 Å². The highest BCUT2D eigenvalue weighted by molar-refractivity contribution is 6.18. The van der Waals surface area contributed by atoms with Crippen LogP contribution in [0.4, 0.5) is 5.69 Å². The zero-order chi connectivity index (χ0) is 18.4. The lowest BCUT2D eigenvalue weighted by atomic mass is 10.1. The van der Waals surface area contributed by atoms with Crippen LogP contribution in [0.15, 0.2) is 42.5 Å². The molecular formula is C21H30Cl3N3O2. The van der Waals surface area contributed by atoms with Crippen LogP contribution >= 0.6 is 36.4 Å². The number of nitrogens with zero attached hydrogens (tertiary/aromatic N) is 2. The van der Waals surface area contributed by atoms with Gasteiger partial charge in [0.2, 0.25) is 0 Å². The number of benzene rings is 2. The summed E-state index contributed by atoms with van der Waals surface area (Å²) in [5.41, 5.74) is 3.00. The average molecular weight is 463 g/mol. The Morgan fingerprint density at radius 3 is 2.45 bits per heavy atom. The molecule has 0 radical (unpaired) electrons. The molecule has 0 unspecified atom stereocenters. The molecule has 1 aromatic heterocycles. The van der Waals surface area contributed by atoms with E-state index in [1.165, 1.54) is 0 Å². The number of hydrogen-bond acceptors (Lipinski definition) is 4. The Kier molecular flexibility index (Phi) is 13.0. The molecule has 0 spiro atoms. The Hall–Kier alpha value is -1.50. The van der Waals surface area contributed by atoms with Crippen molar-refractivity contribution in [3.63, 3.8) is 0 Å². The number of rotatable bonds is 9. The SMILES string of the molecule is CCN(CCCl)CCCNc1c2ccccc2nc2c(OC)cccc12.Cl.Cl.O. The summed E-state index contributed by atoms with van der Waals surface area (Å²) < 4.78 is 5.52. The van der Waals surface area contributed by atoms with E-state index in [9.17, 15) is 0 Å². The minimum Gasteiger partial charge on any atom is -0.494 e. The first-order valence-electron chi connectivity index (χ1n) is 9.16. The maximum atomic E-state index is 5.87. The van der Waals surface area contributed by atoms with Crippen molar-refractivity contribution in [2.75, 3.05) is 44.5 Å². The molecule has 3 N–H and O–H groups in total. The van der Waals surface area contributed by atoms with E-state index in [-0.39, 0.29) is 30.3 Å². The fourth-order valence-electron chi connectivity index (χ4n) is 3.31. The van der Waals surface area contributed by atoms with Crippen molar-refractivity contribution >= 4 is 63.9 Å². The molecule has 0 saturated carbocycles. The topological polar surface area (TPSA) is 68.9 Å². The van der Waals surface area contributed by atoms with E-state index < -0.39 is 0 Å². The number of pyridine rings is 1. The van der Waals surface area contributed by atoms with Crippen molar-refractivity contribution in [1.82, 2.24) is 9.88 Å². The molecule has 1 heterocycles. The summed E-state index contributed by atoms with van der Waals surface area (Å²) in [6, 6.07) is 14.3. The monoisotopic (exact) mass is 461 g/mol. The summed E-state index contributed by atoms with van der Waals surface area (Å²) >= 11 is 5.87. The third-order valence-electron chi connectivity index (χ3n) is 4.69. The Morgan fingerprint density at radius 2 is 1.76 bits per heavy atom. The molecule has 0 atom stereocenters. The number of aromatic nitrogens is 1. The predicted molar refractivity (Wildman–Crippen MR) is 130 cm³/mol. The van der Waals surface area contributed by atoms with E-state index in [0.29, 0.717) is 5.88 Å². The van der Waals surface area contributed by atoms with Gasteiger partial charge in [0.25, 0.3) is 0 Å². The molecule has 0 amide bonds. The third-order valence-corrected chi connectivity index (χ3v) is 4.86. The van der Waals surface area contributed by atoms with Crippen molar-refractivity contribution in [2.45, 2.75) is 13.3 Å². The number of anilines is 1. The number of alkyl halides is 1. The van der Waals surface area contributed by atoms with Crippen LogP contribution in [-0.2, 0) is 0 Å². The molecule has 8 heteroatoms. The van der Waals surface area contributed by atoms with E-state index in [4.69, 9.17) is 21.3 Å². The van der Waals surface area contributed by atoms with Crippen molar-refractivity contribution in [3.05, 3.63) is 42.5 Å². The number of halogens is 3. The summed E-state index contributed by atoms with van der Waals surface area (Å²) in [5.74, 6) is 1.48. The lowest BCUT2D eigenvalue weighted by molar-refractivity contribution is 0.304. The van der Waals surface area contributed by atoms with Crippen molar-refractivity contribution in [1.29, 1.82) is 0 Å². The van der Waals surface area contributed by atoms with Crippen LogP contribution in [0.3, 0.4) is 0 Å². The number of nitrogens with one attached hydrogen (secondary N) is 1. The maximum Gasteiger partial charge on any atom is 0.145 e. The largest absolute Gasteiger partial charge is 0.494 e. The normalized spacial score (nSPS) is 10.2. The van der Waals surface area contributed by atoms with E-state index >= 15 is 0 Å². The Labute approximate surface area is 189 Å². The number of ether oxygens (including phenoxy) is 1. The molecule has 0 bridgehead atoms. The second-order valence-electron chi connectivity index (χ2n) is 6.26. The van der Waals surface area contributed by atoms with Crippen LogP contribution in [-0.4, -0.2) is 54.5 Å². The summed E-state index contributed by atoms with van der Waals surface area (Å²) in [5, 5.41) is 5.88. The smallest absolute Gasteiger partial charge is 0.145 e. The molecule has 0 fully saturated rings. The van der Waals surface area contributed by atoms with Gasteiger partial charge in [0.1, 0.15) is 11.3 Å². The van der Waals surface area contributed by atoms with Gasteiger partial charge in [-0.25, -0.2) is 4.98 Å². The lowest BCUT2D eigenvalue weighted by Crippen LogP contribution is -2.27. The first-order chi connectivity index (χ1) is 12.8. The van der Waals surface area contributed by atoms with Gasteiger partial charge in [-0.3, -0.25) is 0 Å². The predicted octanol–water partition coefficient (Wildman–Crippen LogP) is 4.78. The van der Waals surface area contributed by atoms with Gasteiger partial charge < -0.3 is 20.4 Å². The van der Waals surface area contributed by atoms with Crippen LogP contribution in [0.2, 0.25) is 0 Å². The van der Waals surface area contributed by atoms with Crippen LogP contribution in [0, 0.1) is 0 Å². The highest BCUT2D eigenvalue weighted by Gasteiger charge is 2.12. The van der Waals surface area contributed by atoms with Crippen LogP contribution in [0.25, 0.3) is 21.8 Å². The molecule has 0 aliphatic rings. The second-order valence-corrected chi connectivity index (χ2v) is 6.64. The maximum absolute atomic E-state index is 5.87. The zero-order valence-electron chi connectivity index (χ0n) is 16.8. The molecule has 29 heavy (non-hydrogen) atoms. The minimum atomic E-state index is 0. The molecule has 2 aromatic carbocycles. The summed E-state index contributed by atoms with van der Waals surface area (Å²) in [6.07, 6.45) is 1.06. The highest BCUT2D eigenvalue weighted by Crippen LogP contribution is 2.34. The van der Waals surface area contributed by atoms with Gasteiger partial charge in [0.15, 0.2) is 0 Å². The number of hydrogen-bond donors (Lipinski definition) is 1. The van der Waals surface area contributed by atoms with Crippen LogP contribution in [0.5, 0.6) is 5.75 Å². The molecular weight excluding hydrogens is 433 g/mol. The number of methoxy groups -OCH3 is 1. The van der Waals surface area contributed by atoms with E-state index in [0.717, 1.165) is 65.8 Å². The first kappa shape index (κ1) is 27.5. The first-order valence-corrected chi connectivity index (χ1v) is 9.69. The molecule has 162 valence electrons. The summed E-state index contributed by atoms with van der Waals surface area (Å²) in [4.78, 5) is 7.19. The number of fused-ring (bicyclic) bond motifs is 2. The Balaban J connectivity index is 0.00000261. The van der Waals surface area contributed by atoms with E-state index in [1.807, 2.05) is 24.3 Å². The van der Waals surface area contributed by atoms with Crippen LogP contribution < -0.4 is 10.1 Å². The van der Waals surface area contributed by atoms with E-state index in [2.05, 4.69) is 35.3 Å². The third kappa shape index (κ3) is 6.49. The van der Waals surface area contributed by atoms with Crippen LogP contribution in [0.1, 0.15) is 13.3 Å². The van der Waals surface area contributed by atoms with E-state index in [1.54, 1.807) is 7.11 Å². The van der Waals surface area contributed by atoms with Crippen molar-refractivity contribution in [2.24, 2.45) is 0 Å². The molecule has 3 rings (SSSR count). The number of para-hydroxylation sites is 2. The molecule has 3 aromatic rings.